The summed E-state index contributed by atoms with van der Waals surface area (Å²) in [7, 11) is 0. The average Bonchev–Trinajstić information content (AvgIpc) is 2.43. The largest absolute Gasteiger partial charge is 0.392 e. The molecule has 20 heavy (non-hydrogen) atoms. The van der Waals surface area contributed by atoms with Gasteiger partial charge in [0.1, 0.15) is 5.54 Å². The van der Waals surface area contributed by atoms with Gasteiger partial charge >= 0.3 is 0 Å². The maximum absolute atomic E-state index is 9.74. The number of nitriles is 1. The molecule has 0 radical (unpaired) electrons. The van der Waals surface area contributed by atoms with Crippen LogP contribution >= 0.6 is 11.8 Å². The van der Waals surface area contributed by atoms with Crippen LogP contribution < -0.4 is 5.32 Å². The fourth-order valence-corrected chi connectivity index (χ4v) is 3.05. The molecule has 0 aliphatic rings. The van der Waals surface area contributed by atoms with Crippen molar-refractivity contribution in [3.8, 4) is 6.07 Å². The van der Waals surface area contributed by atoms with Crippen LogP contribution in [0.1, 0.15) is 33.3 Å². The molecule has 1 aromatic carbocycles. The Morgan fingerprint density at radius 3 is 2.30 bits per heavy atom. The van der Waals surface area contributed by atoms with E-state index in [1.807, 2.05) is 51.1 Å². The first-order valence-corrected chi connectivity index (χ1v) is 8.00. The number of aliphatic hydroxyl groups is 1. The molecule has 0 aromatic heterocycles. The quantitative estimate of drug-likeness (QED) is 0.811. The summed E-state index contributed by atoms with van der Waals surface area (Å²) in [6.45, 7) is 7.84. The molecular formula is C16H24N2OS. The summed E-state index contributed by atoms with van der Waals surface area (Å²) < 4.78 is 0. The summed E-state index contributed by atoms with van der Waals surface area (Å²) in [5, 5.41) is 22.8. The minimum absolute atomic E-state index is 0.0976. The van der Waals surface area contributed by atoms with Crippen LogP contribution in [0.15, 0.2) is 30.3 Å². The van der Waals surface area contributed by atoms with Gasteiger partial charge in [0.25, 0.3) is 0 Å². The second-order valence-corrected chi connectivity index (χ2v) is 6.80. The van der Waals surface area contributed by atoms with Crippen molar-refractivity contribution in [1.29, 1.82) is 5.26 Å². The van der Waals surface area contributed by atoms with Crippen LogP contribution in [0.25, 0.3) is 0 Å². The SMILES string of the molecule is CC(C)NC(C#N)(CSC(C)C(C)O)c1ccccc1. The predicted molar refractivity (Wildman–Crippen MR) is 85.6 cm³/mol. The second-order valence-electron chi connectivity index (χ2n) is 5.44. The van der Waals surface area contributed by atoms with Gasteiger partial charge in [-0.1, -0.05) is 37.3 Å². The van der Waals surface area contributed by atoms with E-state index >= 15 is 0 Å². The normalized spacial score (nSPS) is 17.2. The Bertz CT molecular complexity index is 442. The highest BCUT2D eigenvalue weighted by Crippen LogP contribution is 2.29. The topological polar surface area (TPSA) is 56.0 Å². The molecule has 4 heteroatoms. The van der Waals surface area contributed by atoms with Crippen LogP contribution in [0.5, 0.6) is 0 Å². The zero-order valence-corrected chi connectivity index (χ0v) is 13.4. The number of rotatable bonds is 7. The first kappa shape index (κ1) is 17.0. The molecule has 0 heterocycles. The van der Waals surface area contributed by atoms with Gasteiger partial charge in [0.2, 0.25) is 0 Å². The molecule has 3 atom stereocenters. The van der Waals surface area contributed by atoms with Crippen LogP contribution in [0.3, 0.4) is 0 Å². The van der Waals surface area contributed by atoms with Gasteiger partial charge in [0, 0.05) is 17.0 Å². The predicted octanol–water partition coefficient (Wildman–Crippen LogP) is 2.91. The van der Waals surface area contributed by atoms with Crippen molar-refractivity contribution in [3.63, 3.8) is 0 Å². The third-order valence-electron chi connectivity index (χ3n) is 3.23. The number of thioether (sulfide) groups is 1. The van der Waals surface area contributed by atoms with E-state index in [1.165, 1.54) is 0 Å². The standard InChI is InChI=1S/C16H24N2OS/c1-12(2)18-16(10-17,11-20-14(4)13(3)19)15-8-6-5-7-9-15/h5-9,12-14,18-19H,11H2,1-4H3. The van der Waals surface area contributed by atoms with Crippen LogP contribution in [-0.2, 0) is 5.54 Å². The van der Waals surface area contributed by atoms with Crippen molar-refractivity contribution in [2.45, 2.75) is 50.6 Å². The molecule has 3 unspecified atom stereocenters. The van der Waals surface area contributed by atoms with Crippen molar-refractivity contribution >= 4 is 11.8 Å². The lowest BCUT2D eigenvalue weighted by molar-refractivity contribution is 0.196. The Balaban J connectivity index is 2.98. The lowest BCUT2D eigenvalue weighted by Crippen LogP contribution is -2.47. The Morgan fingerprint density at radius 1 is 1.25 bits per heavy atom. The lowest BCUT2D eigenvalue weighted by atomic mass is 9.92. The second kappa shape index (κ2) is 7.68. The number of hydrogen-bond acceptors (Lipinski definition) is 4. The van der Waals surface area contributed by atoms with Gasteiger partial charge in [0.05, 0.1) is 12.2 Å². The molecule has 0 saturated carbocycles. The molecule has 0 aliphatic carbocycles. The summed E-state index contributed by atoms with van der Waals surface area (Å²) in [6, 6.07) is 12.5. The van der Waals surface area contributed by atoms with E-state index in [0.29, 0.717) is 5.75 Å². The molecule has 0 spiro atoms. The zero-order chi connectivity index (χ0) is 15.2. The summed E-state index contributed by atoms with van der Waals surface area (Å²) in [6.07, 6.45) is -0.383. The minimum atomic E-state index is -0.719. The molecule has 1 aromatic rings. The molecule has 0 saturated heterocycles. The molecule has 1 rings (SSSR count). The maximum Gasteiger partial charge on any atom is 0.141 e. The van der Waals surface area contributed by atoms with E-state index in [9.17, 15) is 10.4 Å². The Hall–Kier alpha value is -1.02. The minimum Gasteiger partial charge on any atom is -0.392 e. The monoisotopic (exact) mass is 292 g/mol. The van der Waals surface area contributed by atoms with Gasteiger partial charge in [0.15, 0.2) is 0 Å². The van der Waals surface area contributed by atoms with Crippen LogP contribution in [0.2, 0.25) is 0 Å². The van der Waals surface area contributed by atoms with E-state index in [4.69, 9.17) is 0 Å². The maximum atomic E-state index is 9.74. The fraction of sp³-hybridized carbons (Fsp3) is 0.562. The zero-order valence-electron chi connectivity index (χ0n) is 12.6. The van der Waals surface area contributed by atoms with Gasteiger partial charge in [-0.25, -0.2) is 0 Å². The molecule has 0 aliphatic heterocycles. The molecule has 0 fully saturated rings. The van der Waals surface area contributed by atoms with Crippen molar-refractivity contribution < 1.29 is 5.11 Å². The third kappa shape index (κ3) is 4.52. The number of benzene rings is 1. The molecule has 2 N–H and O–H groups in total. The van der Waals surface area contributed by atoms with Crippen molar-refractivity contribution in [1.82, 2.24) is 5.32 Å². The van der Waals surface area contributed by atoms with E-state index in [2.05, 4.69) is 11.4 Å². The Morgan fingerprint density at radius 2 is 1.85 bits per heavy atom. The first-order valence-electron chi connectivity index (χ1n) is 6.95. The Kier molecular flexibility index (Phi) is 6.54. The summed E-state index contributed by atoms with van der Waals surface area (Å²) >= 11 is 1.62. The third-order valence-corrected chi connectivity index (χ3v) is 4.75. The molecule has 0 bridgehead atoms. The highest BCUT2D eigenvalue weighted by atomic mass is 32.2. The highest BCUT2D eigenvalue weighted by molar-refractivity contribution is 8.00. The molecule has 3 nitrogen and oxygen atoms in total. The van der Waals surface area contributed by atoms with Gasteiger partial charge in [-0.05, 0) is 26.3 Å². The average molecular weight is 292 g/mol. The van der Waals surface area contributed by atoms with Gasteiger partial charge in [-0.3, -0.25) is 5.32 Å². The number of aliphatic hydroxyl groups excluding tert-OH is 1. The van der Waals surface area contributed by atoms with Crippen molar-refractivity contribution in [2.75, 3.05) is 5.75 Å². The lowest BCUT2D eigenvalue weighted by Gasteiger charge is -2.31. The number of hydrogen-bond donors (Lipinski definition) is 2. The smallest absolute Gasteiger partial charge is 0.141 e. The Labute approximate surface area is 126 Å². The van der Waals surface area contributed by atoms with Crippen molar-refractivity contribution in [3.05, 3.63) is 35.9 Å². The van der Waals surface area contributed by atoms with Gasteiger partial charge < -0.3 is 5.11 Å². The van der Waals surface area contributed by atoms with Gasteiger partial charge in [-0.15, -0.1) is 0 Å². The highest BCUT2D eigenvalue weighted by Gasteiger charge is 2.33. The summed E-state index contributed by atoms with van der Waals surface area (Å²) in [4.78, 5) is 0. The first-order chi connectivity index (χ1) is 9.41. The van der Waals surface area contributed by atoms with Crippen molar-refractivity contribution in [2.24, 2.45) is 0 Å². The van der Waals surface area contributed by atoms with E-state index in [1.54, 1.807) is 18.7 Å². The van der Waals surface area contributed by atoms with Crippen LogP contribution in [0.4, 0.5) is 0 Å². The van der Waals surface area contributed by atoms with E-state index in [-0.39, 0.29) is 17.4 Å². The molecule has 0 amide bonds. The summed E-state index contributed by atoms with van der Waals surface area (Å²) in [5.74, 6) is 0.609. The van der Waals surface area contributed by atoms with Crippen LogP contribution in [-0.4, -0.2) is 28.3 Å². The van der Waals surface area contributed by atoms with E-state index in [0.717, 1.165) is 5.56 Å². The van der Waals surface area contributed by atoms with Crippen LogP contribution in [0, 0.1) is 11.3 Å². The van der Waals surface area contributed by atoms with Gasteiger partial charge in [-0.2, -0.15) is 17.0 Å². The molecule has 110 valence electrons. The van der Waals surface area contributed by atoms with E-state index < -0.39 is 5.54 Å². The fourth-order valence-electron chi connectivity index (χ4n) is 1.95. The number of nitrogens with one attached hydrogen (secondary N) is 1. The summed E-state index contributed by atoms with van der Waals surface area (Å²) in [5.41, 5.74) is 0.255. The molecular weight excluding hydrogens is 268 g/mol. The number of nitrogens with zero attached hydrogens (tertiary/aromatic N) is 1.